The molecule has 1 atom stereocenters. The standard InChI is InChI=1S/C28H50N4O8/c1-26(2,3)19-14-30(16-21(35)36)11-10-29(15-20(33)34)12-13-31(17-22(37)38)24(27(4,5)6)25(28(7,8)9)32(19)18-23(39)40/h19H,10-18H2,1-9H3,(H,33,34)(H,35,36)(H,37,38)(H,39,40)/b25-24-. The minimum atomic E-state index is -1.06. The number of allylic oxidation sites excluding steroid dienone is 2. The summed E-state index contributed by atoms with van der Waals surface area (Å²) in [6, 6.07) is -0.478. The Labute approximate surface area is 238 Å². The van der Waals surface area contributed by atoms with Gasteiger partial charge >= 0.3 is 23.9 Å². The first kappa shape index (κ1) is 35.2. The van der Waals surface area contributed by atoms with Gasteiger partial charge in [-0.2, -0.15) is 0 Å². The van der Waals surface area contributed by atoms with Gasteiger partial charge in [0, 0.05) is 61.0 Å². The van der Waals surface area contributed by atoms with E-state index in [9.17, 15) is 39.6 Å². The van der Waals surface area contributed by atoms with Gasteiger partial charge in [-0.15, -0.1) is 0 Å². The molecule has 12 nitrogen and oxygen atoms in total. The van der Waals surface area contributed by atoms with Crippen LogP contribution in [0.25, 0.3) is 0 Å². The van der Waals surface area contributed by atoms with Crippen LogP contribution in [-0.2, 0) is 19.2 Å². The fourth-order valence-corrected chi connectivity index (χ4v) is 5.34. The summed E-state index contributed by atoms with van der Waals surface area (Å²) in [5.74, 6) is -4.19. The van der Waals surface area contributed by atoms with Crippen molar-refractivity contribution in [1.29, 1.82) is 0 Å². The van der Waals surface area contributed by atoms with Gasteiger partial charge in [0.25, 0.3) is 0 Å². The van der Waals surface area contributed by atoms with Gasteiger partial charge in [0.1, 0.15) is 13.1 Å². The third kappa shape index (κ3) is 11.0. The molecular formula is C28H50N4O8. The molecule has 0 fully saturated rings. The summed E-state index contributed by atoms with van der Waals surface area (Å²) in [5.41, 5.74) is -0.447. The van der Waals surface area contributed by atoms with E-state index in [-0.39, 0.29) is 58.9 Å². The molecule has 40 heavy (non-hydrogen) atoms. The maximum Gasteiger partial charge on any atom is 0.323 e. The summed E-state index contributed by atoms with van der Waals surface area (Å²) < 4.78 is 0. The van der Waals surface area contributed by atoms with E-state index in [1.54, 1.807) is 14.7 Å². The van der Waals surface area contributed by atoms with Crippen LogP contribution in [-0.4, -0.2) is 129 Å². The minimum absolute atomic E-state index is 0.186. The first-order valence-corrected chi connectivity index (χ1v) is 13.6. The topological polar surface area (TPSA) is 162 Å². The van der Waals surface area contributed by atoms with Crippen LogP contribution in [0.15, 0.2) is 11.4 Å². The Kier molecular flexibility index (Phi) is 12.0. The molecule has 1 aliphatic heterocycles. The second-order valence-electron chi connectivity index (χ2n) is 13.7. The molecule has 0 aromatic rings. The highest BCUT2D eigenvalue weighted by Gasteiger charge is 2.42. The second kappa shape index (κ2) is 13.7. The zero-order chi connectivity index (χ0) is 31.2. The minimum Gasteiger partial charge on any atom is -0.480 e. The van der Waals surface area contributed by atoms with Gasteiger partial charge in [0.05, 0.1) is 13.1 Å². The molecule has 0 aliphatic carbocycles. The van der Waals surface area contributed by atoms with Crippen molar-refractivity contribution in [1.82, 2.24) is 19.6 Å². The molecule has 0 bridgehead atoms. The Bertz CT molecular complexity index is 959. The number of hydrogen-bond acceptors (Lipinski definition) is 8. The Morgan fingerprint density at radius 3 is 1.40 bits per heavy atom. The lowest BCUT2D eigenvalue weighted by molar-refractivity contribution is -0.142. The Hall–Kier alpha value is -2.86. The van der Waals surface area contributed by atoms with E-state index < -0.39 is 46.2 Å². The molecule has 0 saturated carbocycles. The Morgan fingerprint density at radius 2 is 1.00 bits per heavy atom. The van der Waals surface area contributed by atoms with Crippen molar-refractivity contribution < 1.29 is 39.6 Å². The molecule has 0 saturated heterocycles. The molecule has 0 radical (unpaired) electrons. The van der Waals surface area contributed by atoms with Crippen LogP contribution in [0.2, 0.25) is 0 Å². The van der Waals surface area contributed by atoms with Crippen molar-refractivity contribution in [3.05, 3.63) is 11.4 Å². The third-order valence-electron chi connectivity index (χ3n) is 6.82. The van der Waals surface area contributed by atoms with Crippen LogP contribution in [0.4, 0.5) is 0 Å². The molecule has 1 aliphatic rings. The number of carboxylic acid groups (broad SMARTS) is 4. The summed E-state index contributed by atoms with van der Waals surface area (Å²) in [6.07, 6.45) is 0. The van der Waals surface area contributed by atoms with Gasteiger partial charge in [-0.3, -0.25) is 29.0 Å². The second-order valence-corrected chi connectivity index (χ2v) is 13.7. The van der Waals surface area contributed by atoms with Gasteiger partial charge in [0.2, 0.25) is 0 Å². The molecule has 230 valence electrons. The van der Waals surface area contributed by atoms with Gasteiger partial charge in [0.15, 0.2) is 0 Å². The number of nitrogens with zero attached hydrogens (tertiary/aromatic N) is 4. The molecule has 4 N–H and O–H groups in total. The first-order valence-electron chi connectivity index (χ1n) is 13.6. The highest BCUT2D eigenvalue weighted by Crippen LogP contribution is 2.43. The summed E-state index contributed by atoms with van der Waals surface area (Å²) in [7, 11) is 0. The van der Waals surface area contributed by atoms with Gasteiger partial charge in [-0.25, -0.2) is 0 Å². The average molecular weight is 571 g/mol. The molecular weight excluding hydrogens is 520 g/mol. The summed E-state index contributed by atoms with van der Waals surface area (Å²) in [5, 5.41) is 39.2. The number of aliphatic carboxylic acids is 4. The van der Waals surface area contributed by atoms with Crippen LogP contribution in [0, 0.1) is 16.2 Å². The van der Waals surface area contributed by atoms with E-state index in [1.807, 2.05) is 67.2 Å². The van der Waals surface area contributed by atoms with Gasteiger partial charge in [-0.05, 0) is 5.41 Å². The lowest BCUT2D eigenvalue weighted by Crippen LogP contribution is -2.57. The highest BCUT2D eigenvalue weighted by atomic mass is 16.4. The van der Waals surface area contributed by atoms with Gasteiger partial charge < -0.3 is 30.2 Å². The Balaban J connectivity index is 4.20. The number of carboxylic acids is 4. The summed E-state index contributed by atoms with van der Waals surface area (Å²) >= 11 is 0. The van der Waals surface area contributed by atoms with Crippen molar-refractivity contribution in [2.24, 2.45) is 16.2 Å². The van der Waals surface area contributed by atoms with Crippen molar-refractivity contribution in [2.75, 3.05) is 58.9 Å². The SMILES string of the molecule is CC(C)(C)/C1=C(\C(C)(C)C)N(CC(=O)O)C(C(C)(C)C)CN(CC(=O)O)CCN(CC(=O)O)CCN1CC(=O)O. The van der Waals surface area contributed by atoms with E-state index in [4.69, 9.17) is 0 Å². The molecule has 0 aromatic heterocycles. The normalized spacial score (nSPS) is 21.5. The first-order chi connectivity index (χ1) is 18.0. The van der Waals surface area contributed by atoms with Crippen molar-refractivity contribution >= 4 is 23.9 Å². The van der Waals surface area contributed by atoms with E-state index in [0.717, 1.165) is 0 Å². The number of rotatable bonds is 8. The van der Waals surface area contributed by atoms with E-state index in [0.29, 0.717) is 11.4 Å². The fourth-order valence-electron chi connectivity index (χ4n) is 5.34. The van der Waals surface area contributed by atoms with E-state index in [1.165, 1.54) is 0 Å². The predicted molar refractivity (Wildman–Crippen MR) is 151 cm³/mol. The fraction of sp³-hybridized carbons (Fsp3) is 0.786. The lowest BCUT2D eigenvalue weighted by atomic mass is 9.77. The summed E-state index contributed by atoms with van der Waals surface area (Å²) in [6.45, 7) is 17.5. The molecule has 0 aromatic carbocycles. The maximum absolute atomic E-state index is 12.4. The van der Waals surface area contributed by atoms with E-state index >= 15 is 0 Å². The zero-order valence-corrected chi connectivity index (χ0v) is 25.7. The number of hydrogen-bond donors (Lipinski definition) is 4. The van der Waals surface area contributed by atoms with Crippen LogP contribution < -0.4 is 0 Å². The molecule has 0 spiro atoms. The quantitative estimate of drug-likeness (QED) is 0.337. The molecule has 1 unspecified atom stereocenters. The Morgan fingerprint density at radius 1 is 0.600 bits per heavy atom. The monoisotopic (exact) mass is 570 g/mol. The van der Waals surface area contributed by atoms with Crippen LogP contribution in [0.1, 0.15) is 62.3 Å². The maximum atomic E-state index is 12.4. The zero-order valence-electron chi connectivity index (χ0n) is 25.7. The molecule has 1 rings (SSSR count). The van der Waals surface area contributed by atoms with Crippen LogP contribution in [0.3, 0.4) is 0 Å². The number of carbonyl (C=O) groups is 4. The van der Waals surface area contributed by atoms with Crippen LogP contribution >= 0.6 is 0 Å². The van der Waals surface area contributed by atoms with Crippen molar-refractivity contribution in [2.45, 2.75) is 68.4 Å². The van der Waals surface area contributed by atoms with Crippen LogP contribution in [0.5, 0.6) is 0 Å². The predicted octanol–water partition coefficient (Wildman–Crippen LogP) is 2.26. The largest absolute Gasteiger partial charge is 0.480 e. The average Bonchev–Trinajstić information content (AvgIpc) is 2.70. The third-order valence-corrected chi connectivity index (χ3v) is 6.82. The van der Waals surface area contributed by atoms with Crippen molar-refractivity contribution in [3.63, 3.8) is 0 Å². The lowest BCUT2D eigenvalue weighted by Gasteiger charge is -2.51. The molecule has 12 heteroatoms. The molecule has 1 heterocycles. The van der Waals surface area contributed by atoms with Gasteiger partial charge in [-0.1, -0.05) is 62.3 Å². The van der Waals surface area contributed by atoms with E-state index in [2.05, 4.69) is 0 Å². The highest BCUT2D eigenvalue weighted by molar-refractivity contribution is 5.71. The van der Waals surface area contributed by atoms with Crippen molar-refractivity contribution in [3.8, 4) is 0 Å². The smallest absolute Gasteiger partial charge is 0.323 e. The summed E-state index contributed by atoms with van der Waals surface area (Å²) in [4.78, 5) is 55.0. The molecule has 0 amide bonds.